The van der Waals surface area contributed by atoms with Gasteiger partial charge in [0.15, 0.2) is 0 Å². The average molecular weight is 264 g/mol. The second-order valence-corrected chi connectivity index (χ2v) is 6.22. The van der Waals surface area contributed by atoms with Crippen LogP contribution in [-0.2, 0) is 11.2 Å². The number of aryl methyl sites for hydroxylation is 1. The van der Waals surface area contributed by atoms with E-state index in [2.05, 4.69) is 24.3 Å². The minimum atomic E-state index is -0.605. The van der Waals surface area contributed by atoms with E-state index in [1.165, 1.54) is 12.0 Å². The molecule has 1 fully saturated rings. The molecule has 0 radical (unpaired) electrons. The Kier molecular flexibility index (Phi) is 5.12. The van der Waals surface area contributed by atoms with E-state index in [-0.39, 0.29) is 5.92 Å². The Balaban J connectivity index is 1.79. The molecule has 18 heavy (non-hydrogen) atoms. The normalized spacial score (nSPS) is 23.8. The van der Waals surface area contributed by atoms with Crippen LogP contribution in [0.3, 0.4) is 0 Å². The van der Waals surface area contributed by atoms with Crippen LogP contribution in [0.5, 0.6) is 0 Å². The fraction of sp³-hybridized carbons (Fsp3) is 0.533. The summed E-state index contributed by atoms with van der Waals surface area (Å²) < 4.78 is 0. The number of benzene rings is 1. The van der Waals surface area contributed by atoms with Crippen LogP contribution in [0.2, 0.25) is 0 Å². The second-order valence-electron chi connectivity index (χ2n) is 4.87. The highest BCUT2D eigenvalue weighted by Crippen LogP contribution is 2.33. The van der Waals surface area contributed by atoms with Crippen molar-refractivity contribution in [2.24, 2.45) is 5.92 Å². The summed E-state index contributed by atoms with van der Waals surface area (Å²) >= 11 is 1.85. The number of aliphatic carboxylic acids is 1. The van der Waals surface area contributed by atoms with Crippen molar-refractivity contribution in [1.82, 2.24) is 0 Å². The van der Waals surface area contributed by atoms with Crippen molar-refractivity contribution in [3.63, 3.8) is 0 Å². The fourth-order valence-electron chi connectivity index (χ4n) is 2.55. The summed E-state index contributed by atoms with van der Waals surface area (Å²) in [5.74, 6) is 0.296. The number of carboxylic acid groups (broad SMARTS) is 1. The van der Waals surface area contributed by atoms with E-state index in [1.54, 1.807) is 0 Å². The first-order chi connectivity index (χ1) is 8.77. The minimum Gasteiger partial charge on any atom is -0.481 e. The monoisotopic (exact) mass is 264 g/mol. The van der Waals surface area contributed by atoms with Crippen LogP contribution < -0.4 is 0 Å². The molecule has 0 saturated heterocycles. The maximum Gasteiger partial charge on any atom is 0.307 e. The molecule has 2 rings (SSSR count). The number of carboxylic acids is 1. The molecule has 0 bridgehead atoms. The average Bonchev–Trinajstić information content (AvgIpc) is 2.40. The summed E-state index contributed by atoms with van der Waals surface area (Å²) in [7, 11) is 0. The quantitative estimate of drug-likeness (QED) is 0.882. The van der Waals surface area contributed by atoms with Gasteiger partial charge in [-0.2, -0.15) is 11.8 Å². The SMILES string of the molecule is O=C(O)[C@H]1CCCC[C@H]1SCCc1ccccc1. The largest absolute Gasteiger partial charge is 0.481 e. The number of hydrogen-bond acceptors (Lipinski definition) is 2. The molecule has 0 spiro atoms. The van der Waals surface area contributed by atoms with Crippen molar-refractivity contribution >= 4 is 17.7 Å². The van der Waals surface area contributed by atoms with Gasteiger partial charge in [0, 0.05) is 5.25 Å². The van der Waals surface area contributed by atoms with Crippen LogP contribution in [0.4, 0.5) is 0 Å². The highest BCUT2D eigenvalue weighted by molar-refractivity contribution is 7.99. The first kappa shape index (κ1) is 13.5. The Hall–Kier alpha value is -0.960. The highest BCUT2D eigenvalue weighted by Gasteiger charge is 2.30. The lowest BCUT2D eigenvalue weighted by Gasteiger charge is -2.27. The zero-order chi connectivity index (χ0) is 12.8. The Labute approximate surface area is 113 Å². The molecule has 2 nitrogen and oxygen atoms in total. The van der Waals surface area contributed by atoms with E-state index < -0.39 is 5.97 Å². The molecule has 1 aliphatic rings. The van der Waals surface area contributed by atoms with Crippen LogP contribution >= 0.6 is 11.8 Å². The molecule has 1 aliphatic carbocycles. The number of hydrogen-bond donors (Lipinski definition) is 1. The van der Waals surface area contributed by atoms with Gasteiger partial charge < -0.3 is 5.11 Å². The van der Waals surface area contributed by atoms with Gasteiger partial charge in [0.25, 0.3) is 0 Å². The van der Waals surface area contributed by atoms with Crippen molar-refractivity contribution in [3.05, 3.63) is 35.9 Å². The summed E-state index contributed by atoms with van der Waals surface area (Å²) in [5.41, 5.74) is 1.34. The van der Waals surface area contributed by atoms with Gasteiger partial charge in [-0.15, -0.1) is 0 Å². The molecule has 98 valence electrons. The van der Waals surface area contributed by atoms with Gasteiger partial charge in [-0.1, -0.05) is 43.2 Å². The molecule has 0 aromatic heterocycles. The Morgan fingerprint density at radius 2 is 1.94 bits per heavy atom. The van der Waals surface area contributed by atoms with Crippen LogP contribution in [0, 0.1) is 5.92 Å². The summed E-state index contributed by atoms with van der Waals surface area (Å²) in [4.78, 5) is 11.2. The predicted octanol–water partition coefficient (Wildman–Crippen LogP) is 3.61. The Bertz CT molecular complexity index is 377. The zero-order valence-corrected chi connectivity index (χ0v) is 11.4. The minimum absolute atomic E-state index is 0.125. The van der Waals surface area contributed by atoms with Gasteiger partial charge in [-0.3, -0.25) is 4.79 Å². The molecular formula is C15H20O2S. The fourth-order valence-corrected chi connectivity index (χ4v) is 4.03. The lowest BCUT2D eigenvalue weighted by molar-refractivity contribution is -0.142. The highest BCUT2D eigenvalue weighted by atomic mass is 32.2. The first-order valence-corrected chi connectivity index (χ1v) is 7.70. The van der Waals surface area contributed by atoms with E-state index in [0.717, 1.165) is 31.4 Å². The molecule has 1 N–H and O–H groups in total. The number of carbonyl (C=O) groups is 1. The van der Waals surface area contributed by atoms with Gasteiger partial charge in [0.05, 0.1) is 5.92 Å². The summed E-state index contributed by atoms with van der Waals surface area (Å²) in [6.07, 6.45) is 5.22. The Morgan fingerprint density at radius 1 is 1.22 bits per heavy atom. The maximum atomic E-state index is 11.2. The van der Waals surface area contributed by atoms with E-state index in [0.29, 0.717) is 5.25 Å². The van der Waals surface area contributed by atoms with Crippen LogP contribution in [0.15, 0.2) is 30.3 Å². The topological polar surface area (TPSA) is 37.3 Å². The lowest BCUT2D eigenvalue weighted by atomic mass is 9.89. The van der Waals surface area contributed by atoms with Crippen LogP contribution in [0.1, 0.15) is 31.2 Å². The maximum absolute atomic E-state index is 11.2. The molecule has 3 heteroatoms. The third-order valence-corrected chi connectivity index (χ3v) is 5.02. The Morgan fingerprint density at radius 3 is 2.67 bits per heavy atom. The van der Waals surface area contributed by atoms with Crippen molar-refractivity contribution in [2.75, 3.05) is 5.75 Å². The number of thioether (sulfide) groups is 1. The lowest BCUT2D eigenvalue weighted by Crippen LogP contribution is -2.29. The molecule has 0 heterocycles. The van der Waals surface area contributed by atoms with E-state index in [9.17, 15) is 9.90 Å². The molecule has 0 amide bonds. The third kappa shape index (κ3) is 3.77. The predicted molar refractivity (Wildman–Crippen MR) is 76.0 cm³/mol. The van der Waals surface area contributed by atoms with E-state index in [1.807, 2.05) is 17.8 Å². The van der Waals surface area contributed by atoms with Gasteiger partial charge in [-0.25, -0.2) is 0 Å². The smallest absolute Gasteiger partial charge is 0.307 e. The van der Waals surface area contributed by atoms with Gasteiger partial charge in [0.1, 0.15) is 0 Å². The van der Waals surface area contributed by atoms with Gasteiger partial charge in [-0.05, 0) is 30.6 Å². The van der Waals surface area contributed by atoms with Gasteiger partial charge >= 0.3 is 5.97 Å². The van der Waals surface area contributed by atoms with Crippen molar-refractivity contribution in [2.45, 2.75) is 37.4 Å². The van der Waals surface area contributed by atoms with Crippen LogP contribution in [-0.4, -0.2) is 22.1 Å². The second kappa shape index (κ2) is 6.83. The molecule has 2 atom stereocenters. The van der Waals surface area contributed by atoms with Gasteiger partial charge in [0.2, 0.25) is 0 Å². The molecule has 0 unspecified atom stereocenters. The van der Waals surface area contributed by atoms with E-state index >= 15 is 0 Å². The molecule has 1 aromatic rings. The molecular weight excluding hydrogens is 244 g/mol. The molecule has 1 aromatic carbocycles. The third-order valence-electron chi connectivity index (χ3n) is 3.59. The van der Waals surface area contributed by atoms with Crippen molar-refractivity contribution in [3.8, 4) is 0 Å². The van der Waals surface area contributed by atoms with E-state index in [4.69, 9.17) is 0 Å². The molecule has 1 saturated carbocycles. The standard InChI is InChI=1S/C15H20O2S/c16-15(17)13-8-4-5-9-14(13)18-11-10-12-6-2-1-3-7-12/h1-3,6-7,13-14H,4-5,8-11H2,(H,16,17)/t13-,14+/m0/s1. The summed E-state index contributed by atoms with van der Waals surface area (Å²) in [6.45, 7) is 0. The summed E-state index contributed by atoms with van der Waals surface area (Å²) in [5, 5.41) is 9.53. The number of rotatable bonds is 5. The van der Waals surface area contributed by atoms with Crippen LogP contribution in [0.25, 0.3) is 0 Å². The first-order valence-electron chi connectivity index (χ1n) is 6.65. The zero-order valence-electron chi connectivity index (χ0n) is 10.5. The van der Waals surface area contributed by atoms with Crippen molar-refractivity contribution in [1.29, 1.82) is 0 Å². The molecule has 0 aliphatic heterocycles. The van der Waals surface area contributed by atoms with Crippen molar-refractivity contribution < 1.29 is 9.90 Å². The summed E-state index contributed by atoms with van der Waals surface area (Å²) in [6, 6.07) is 10.4.